The van der Waals surface area contributed by atoms with Gasteiger partial charge in [-0.2, -0.15) is 0 Å². The smallest absolute Gasteiger partial charge is 0.220 e. The van der Waals surface area contributed by atoms with Gasteiger partial charge in [-0.3, -0.25) is 4.79 Å². The largest absolute Gasteiger partial charge is 0.368 e. The number of aryl methyl sites for hydroxylation is 1. The SMILES string of the molecule is Cc1cccnc1NCCNC(=O)CCC[C@@H]1NC[C@@H]2CNC[C@H]1C2.Cl.Cl. The molecule has 0 unspecified atom stereocenters. The van der Waals surface area contributed by atoms with Crippen LogP contribution >= 0.6 is 24.8 Å². The maximum absolute atomic E-state index is 12.0. The lowest BCUT2D eigenvalue weighted by Gasteiger charge is -2.41. The van der Waals surface area contributed by atoms with E-state index in [1.54, 1.807) is 6.20 Å². The summed E-state index contributed by atoms with van der Waals surface area (Å²) in [7, 11) is 0. The van der Waals surface area contributed by atoms with Crippen molar-refractivity contribution in [3.8, 4) is 0 Å². The van der Waals surface area contributed by atoms with Crippen LogP contribution in [-0.2, 0) is 4.79 Å². The van der Waals surface area contributed by atoms with E-state index >= 15 is 0 Å². The number of rotatable bonds is 8. The number of pyridine rings is 1. The van der Waals surface area contributed by atoms with Crippen LogP contribution in [0.1, 0.15) is 31.2 Å². The summed E-state index contributed by atoms with van der Waals surface area (Å²) < 4.78 is 0. The van der Waals surface area contributed by atoms with Crippen LogP contribution in [0.4, 0.5) is 5.82 Å². The minimum atomic E-state index is 0. The number of hydrogen-bond donors (Lipinski definition) is 4. The molecule has 2 aliphatic rings. The summed E-state index contributed by atoms with van der Waals surface area (Å²) in [4.78, 5) is 16.3. The average Bonchev–Trinajstić information content (AvgIpc) is 2.62. The van der Waals surface area contributed by atoms with Crippen molar-refractivity contribution in [2.24, 2.45) is 11.8 Å². The molecular formula is C19H33Cl2N5O. The topological polar surface area (TPSA) is 78.1 Å². The predicted octanol–water partition coefficient (Wildman–Crippen LogP) is 2.13. The number of piperidine rings is 2. The highest BCUT2D eigenvalue weighted by Gasteiger charge is 2.32. The summed E-state index contributed by atoms with van der Waals surface area (Å²) in [6.45, 7) is 6.76. The van der Waals surface area contributed by atoms with Gasteiger partial charge in [0.1, 0.15) is 5.82 Å². The molecule has 3 atom stereocenters. The first-order valence-corrected chi connectivity index (χ1v) is 9.58. The van der Waals surface area contributed by atoms with E-state index in [0.717, 1.165) is 55.7 Å². The molecule has 3 heterocycles. The molecule has 2 bridgehead atoms. The predicted molar refractivity (Wildman–Crippen MR) is 115 cm³/mol. The van der Waals surface area contributed by atoms with E-state index in [-0.39, 0.29) is 30.7 Å². The second kappa shape index (κ2) is 12.4. The van der Waals surface area contributed by atoms with E-state index < -0.39 is 0 Å². The first kappa shape index (κ1) is 24.0. The summed E-state index contributed by atoms with van der Waals surface area (Å²) in [6.07, 6.45) is 5.78. The highest BCUT2D eigenvalue weighted by Crippen LogP contribution is 2.26. The zero-order valence-electron chi connectivity index (χ0n) is 16.0. The lowest BCUT2D eigenvalue weighted by atomic mass is 9.80. The molecule has 0 aliphatic carbocycles. The van der Waals surface area contributed by atoms with Gasteiger partial charge >= 0.3 is 0 Å². The minimum absolute atomic E-state index is 0. The lowest BCUT2D eigenvalue weighted by molar-refractivity contribution is -0.121. The van der Waals surface area contributed by atoms with Crippen LogP contribution in [-0.4, -0.2) is 49.7 Å². The number of carbonyl (C=O) groups is 1. The minimum Gasteiger partial charge on any atom is -0.368 e. The van der Waals surface area contributed by atoms with E-state index in [4.69, 9.17) is 0 Å². The van der Waals surface area contributed by atoms with Gasteiger partial charge in [-0.05, 0) is 69.3 Å². The maximum atomic E-state index is 12.0. The van der Waals surface area contributed by atoms with Crippen molar-refractivity contribution in [1.82, 2.24) is 20.9 Å². The second-order valence-corrected chi connectivity index (χ2v) is 7.37. The van der Waals surface area contributed by atoms with Crippen LogP contribution in [0.15, 0.2) is 18.3 Å². The normalized spacial score (nSPS) is 23.5. The van der Waals surface area contributed by atoms with Gasteiger partial charge in [0, 0.05) is 31.7 Å². The number of nitrogens with zero attached hydrogens (tertiary/aromatic N) is 1. The van der Waals surface area contributed by atoms with Crippen molar-refractivity contribution in [1.29, 1.82) is 0 Å². The Balaban J connectivity index is 0.00000182. The van der Waals surface area contributed by atoms with E-state index in [1.165, 1.54) is 6.42 Å². The second-order valence-electron chi connectivity index (χ2n) is 7.37. The van der Waals surface area contributed by atoms with Crippen molar-refractivity contribution < 1.29 is 4.79 Å². The quantitative estimate of drug-likeness (QED) is 0.487. The van der Waals surface area contributed by atoms with Crippen LogP contribution in [0.2, 0.25) is 0 Å². The zero-order valence-corrected chi connectivity index (χ0v) is 17.6. The molecule has 0 aromatic carbocycles. The summed E-state index contributed by atoms with van der Waals surface area (Å²) in [5.74, 6) is 2.57. The number of aromatic nitrogens is 1. The Hall–Kier alpha value is -1.08. The van der Waals surface area contributed by atoms with Gasteiger partial charge in [-0.15, -0.1) is 24.8 Å². The Kier molecular flexibility index (Phi) is 11.0. The maximum Gasteiger partial charge on any atom is 0.220 e. The number of hydrogen-bond acceptors (Lipinski definition) is 5. The molecule has 2 fully saturated rings. The van der Waals surface area contributed by atoms with E-state index in [2.05, 4.69) is 26.3 Å². The van der Waals surface area contributed by atoms with Gasteiger partial charge in [0.15, 0.2) is 0 Å². The van der Waals surface area contributed by atoms with Gasteiger partial charge in [-0.1, -0.05) is 6.07 Å². The van der Waals surface area contributed by atoms with Gasteiger partial charge < -0.3 is 21.3 Å². The monoisotopic (exact) mass is 417 g/mol. The summed E-state index contributed by atoms with van der Waals surface area (Å²) in [6, 6.07) is 4.52. The van der Waals surface area contributed by atoms with Gasteiger partial charge in [-0.25, -0.2) is 4.98 Å². The molecular weight excluding hydrogens is 385 g/mol. The molecule has 1 aromatic rings. The summed E-state index contributed by atoms with van der Waals surface area (Å²) >= 11 is 0. The standard InChI is InChI=1S/C19H31N5O.2ClH/c1-14-4-3-7-22-19(14)23-9-8-21-18(25)6-2-5-17-16-10-15(12-24-17)11-20-13-16;;/h3-4,7,15-17,20,24H,2,5-6,8-13H2,1H3,(H,21,25)(H,22,23);2*1H/t15-,16+,17-;;/m0../s1. The first-order chi connectivity index (χ1) is 12.2. The molecule has 27 heavy (non-hydrogen) atoms. The molecule has 1 aromatic heterocycles. The number of fused-ring (bicyclic) bond motifs is 2. The Morgan fingerprint density at radius 3 is 2.93 bits per heavy atom. The summed E-state index contributed by atoms with van der Waals surface area (Å²) in [5.41, 5.74) is 1.12. The van der Waals surface area contributed by atoms with Crippen LogP contribution in [0.25, 0.3) is 0 Å². The Labute approximate surface area is 174 Å². The number of anilines is 1. The molecule has 6 nitrogen and oxygen atoms in total. The molecule has 154 valence electrons. The Morgan fingerprint density at radius 2 is 2.11 bits per heavy atom. The molecule has 0 spiro atoms. The van der Waals surface area contributed by atoms with Crippen LogP contribution in [0.5, 0.6) is 0 Å². The van der Waals surface area contributed by atoms with Crippen molar-refractivity contribution in [2.45, 2.75) is 38.6 Å². The highest BCUT2D eigenvalue weighted by atomic mass is 35.5. The molecule has 0 saturated carbocycles. The molecule has 2 aliphatic heterocycles. The van der Waals surface area contributed by atoms with E-state index in [9.17, 15) is 4.79 Å². The fourth-order valence-corrected chi connectivity index (χ4v) is 3.98. The van der Waals surface area contributed by atoms with Crippen molar-refractivity contribution >= 4 is 36.5 Å². The van der Waals surface area contributed by atoms with Crippen LogP contribution in [0.3, 0.4) is 0 Å². The third kappa shape index (κ3) is 7.45. The molecule has 1 amide bonds. The van der Waals surface area contributed by atoms with Gasteiger partial charge in [0.25, 0.3) is 0 Å². The van der Waals surface area contributed by atoms with Crippen LogP contribution in [0, 0.1) is 18.8 Å². The van der Waals surface area contributed by atoms with Crippen LogP contribution < -0.4 is 21.3 Å². The molecule has 2 saturated heterocycles. The number of amides is 1. The molecule has 4 N–H and O–H groups in total. The number of carbonyl (C=O) groups excluding carboxylic acids is 1. The van der Waals surface area contributed by atoms with Crippen molar-refractivity contribution in [2.75, 3.05) is 38.0 Å². The Morgan fingerprint density at radius 1 is 1.26 bits per heavy atom. The number of halogens is 2. The third-order valence-corrected chi connectivity index (χ3v) is 5.38. The summed E-state index contributed by atoms with van der Waals surface area (Å²) in [5, 5.41) is 13.5. The van der Waals surface area contributed by atoms with Crippen molar-refractivity contribution in [3.63, 3.8) is 0 Å². The van der Waals surface area contributed by atoms with E-state index in [0.29, 0.717) is 25.6 Å². The fourth-order valence-electron chi connectivity index (χ4n) is 3.98. The van der Waals surface area contributed by atoms with E-state index in [1.807, 2.05) is 19.1 Å². The molecule has 0 radical (unpaired) electrons. The van der Waals surface area contributed by atoms with Crippen molar-refractivity contribution in [3.05, 3.63) is 23.9 Å². The zero-order chi connectivity index (χ0) is 17.5. The lowest BCUT2D eigenvalue weighted by Crippen LogP contribution is -2.54. The van der Waals surface area contributed by atoms with Gasteiger partial charge in [0.05, 0.1) is 0 Å². The Bertz CT molecular complexity index is 575. The van der Waals surface area contributed by atoms with Gasteiger partial charge in [0.2, 0.25) is 5.91 Å². The molecule has 8 heteroatoms. The molecule has 3 rings (SSSR count). The fraction of sp³-hybridized carbons (Fsp3) is 0.684. The highest BCUT2D eigenvalue weighted by molar-refractivity contribution is 5.85. The third-order valence-electron chi connectivity index (χ3n) is 5.38. The number of nitrogens with one attached hydrogen (secondary N) is 4. The average molecular weight is 418 g/mol. The first-order valence-electron chi connectivity index (χ1n) is 9.58.